The van der Waals surface area contributed by atoms with Crippen LogP contribution in [0, 0.1) is 6.92 Å². The van der Waals surface area contributed by atoms with Gasteiger partial charge in [-0.15, -0.1) is 0 Å². The summed E-state index contributed by atoms with van der Waals surface area (Å²) in [5.74, 6) is 1.10. The Balaban J connectivity index is 2.29. The van der Waals surface area contributed by atoms with Crippen molar-refractivity contribution in [2.45, 2.75) is 39.7 Å². The molecule has 110 valence electrons. The van der Waals surface area contributed by atoms with Crippen molar-refractivity contribution in [3.8, 4) is 11.5 Å². The second-order valence-electron chi connectivity index (χ2n) is 4.41. The van der Waals surface area contributed by atoms with Gasteiger partial charge in [-0.2, -0.15) is 9.36 Å². The van der Waals surface area contributed by atoms with Crippen molar-refractivity contribution in [3.05, 3.63) is 11.5 Å². The van der Waals surface area contributed by atoms with Gasteiger partial charge >= 0.3 is 0 Å². The second kappa shape index (κ2) is 6.81. The molecule has 20 heavy (non-hydrogen) atoms. The molecule has 0 aromatic carbocycles. The molecular formula is C13H20N4O2S. The van der Waals surface area contributed by atoms with E-state index >= 15 is 0 Å². The van der Waals surface area contributed by atoms with E-state index in [4.69, 9.17) is 9.26 Å². The zero-order valence-corrected chi connectivity index (χ0v) is 13.1. The van der Waals surface area contributed by atoms with E-state index in [1.807, 2.05) is 20.9 Å². The summed E-state index contributed by atoms with van der Waals surface area (Å²) in [4.78, 5) is 4.48. The number of hydrogen-bond donors (Lipinski definition) is 1. The first-order valence-electron chi connectivity index (χ1n) is 6.80. The van der Waals surface area contributed by atoms with Crippen LogP contribution in [0.3, 0.4) is 0 Å². The monoisotopic (exact) mass is 296 g/mol. The molecule has 0 radical (unpaired) electrons. The maximum Gasteiger partial charge on any atom is 0.262 e. The van der Waals surface area contributed by atoms with Crippen LogP contribution in [0.15, 0.2) is 4.52 Å². The van der Waals surface area contributed by atoms with Crippen molar-refractivity contribution < 1.29 is 9.26 Å². The molecule has 1 unspecified atom stereocenters. The summed E-state index contributed by atoms with van der Waals surface area (Å²) in [5.41, 5.74) is 1.76. The third kappa shape index (κ3) is 2.99. The first kappa shape index (κ1) is 14.9. The quantitative estimate of drug-likeness (QED) is 0.844. The summed E-state index contributed by atoms with van der Waals surface area (Å²) < 4.78 is 15.4. The van der Waals surface area contributed by atoms with Crippen molar-refractivity contribution >= 4 is 16.5 Å². The minimum Gasteiger partial charge on any atom is -0.378 e. The van der Waals surface area contributed by atoms with Gasteiger partial charge in [0.2, 0.25) is 5.82 Å². The van der Waals surface area contributed by atoms with Crippen molar-refractivity contribution in [3.63, 3.8) is 0 Å². The molecule has 0 aliphatic carbocycles. The minimum absolute atomic E-state index is 0.104. The van der Waals surface area contributed by atoms with E-state index in [-0.39, 0.29) is 6.10 Å². The molecule has 0 aliphatic heterocycles. The van der Waals surface area contributed by atoms with E-state index in [1.165, 1.54) is 11.5 Å². The predicted octanol–water partition coefficient (Wildman–Crippen LogP) is 3.42. The van der Waals surface area contributed by atoms with Gasteiger partial charge in [-0.1, -0.05) is 18.5 Å². The molecule has 1 N–H and O–H groups in total. The SMILES string of the molecule is CCCC(OCC)c1noc(-c2c(C)nsc2NC)n1. The zero-order chi connectivity index (χ0) is 14.5. The Bertz CT molecular complexity index is 546. The average Bonchev–Trinajstić information content (AvgIpc) is 3.04. The number of ether oxygens (including phenoxy) is 1. The molecular weight excluding hydrogens is 276 g/mol. The molecule has 0 saturated carbocycles. The standard InChI is InChI=1S/C13H20N4O2S/c1-5-7-9(18-6-2)11-15-12(19-16-11)10-8(3)17-20-13(10)14-4/h9,14H,5-7H2,1-4H3. The van der Waals surface area contributed by atoms with Crippen molar-refractivity contribution in [2.75, 3.05) is 19.0 Å². The molecule has 2 heterocycles. The highest BCUT2D eigenvalue weighted by atomic mass is 32.1. The van der Waals surface area contributed by atoms with Crippen molar-refractivity contribution in [2.24, 2.45) is 0 Å². The maximum atomic E-state index is 5.67. The van der Waals surface area contributed by atoms with Gasteiger partial charge < -0.3 is 14.6 Å². The summed E-state index contributed by atoms with van der Waals surface area (Å²) in [5, 5.41) is 8.10. The van der Waals surface area contributed by atoms with Crippen LogP contribution < -0.4 is 5.32 Å². The number of nitrogens with zero attached hydrogens (tertiary/aromatic N) is 3. The molecule has 6 nitrogen and oxygen atoms in total. The lowest BCUT2D eigenvalue weighted by Gasteiger charge is -2.11. The Morgan fingerprint density at radius 1 is 1.40 bits per heavy atom. The van der Waals surface area contributed by atoms with E-state index in [2.05, 4.69) is 26.8 Å². The number of anilines is 1. The Hall–Kier alpha value is -1.47. The van der Waals surface area contributed by atoms with E-state index in [9.17, 15) is 0 Å². The summed E-state index contributed by atoms with van der Waals surface area (Å²) in [7, 11) is 1.85. The molecule has 1 atom stereocenters. The molecule has 0 saturated heterocycles. The minimum atomic E-state index is -0.104. The van der Waals surface area contributed by atoms with Crippen LogP contribution in [0.5, 0.6) is 0 Å². The van der Waals surface area contributed by atoms with Crippen LogP contribution in [0.2, 0.25) is 0 Å². The van der Waals surface area contributed by atoms with Crippen molar-refractivity contribution in [1.82, 2.24) is 14.5 Å². The van der Waals surface area contributed by atoms with Crippen molar-refractivity contribution in [1.29, 1.82) is 0 Å². The molecule has 2 rings (SSSR count). The first-order valence-corrected chi connectivity index (χ1v) is 7.58. The Labute approximate surface area is 122 Å². The van der Waals surface area contributed by atoms with Crippen LogP contribution >= 0.6 is 11.5 Å². The van der Waals surface area contributed by atoms with Gasteiger partial charge in [0.25, 0.3) is 5.89 Å². The highest BCUT2D eigenvalue weighted by Crippen LogP contribution is 2.34. The van der Waals surface area contributed by atoms with E-state index in [0.717, 1.165) is 29.1 Å². The third-order valence-electron chi connectivity index (χ3n) is 2.95. The molecule has 0 bridgehead atoms. The second-order valence-corrected chi connectivity index (χ2v) is 5.19. The molecule has 0 amide bonds. The highest BCUT2D eigenvalue weighted by molar-refractivity contribution is 7.10. The largest absolute Gasteiger partial charge is 0.378 e. The van der Waals surface area contributed by atoms with Gasteiger partial charge in [-0.05, 0) is 31.8 Å². The fourth-order valence-electron chi connectivity index (χ4n) is 2.01. The lowest BCUT2D eigenvalue weighted by atomic mass is 10.2. The number of aryl methyl sites for hydroxylation is 1. The smallest absolute Gasteiger partial charge is 0.262 e. The number of rotatable bonds is 7. The van der Waals surface area contributed by atoms with Gasteiger partial charge in [0.15, 0.2) is 0 Å². The Kier molecular flexibility index (Phi) is 5.08. The van der Waals surface area contributed by atoms with Crippen LogP contribution in [0.1, 0.15) is 44.3 Å². The van der Waals surface area contributed by atoms with Gasteiger partial charge in [-0.25, -0.2) is 0 Å². The number of aromatic nitrogens is 3. The van der Waals surface area contributed by atoms with Gasteiger partial charge in [0.05, 0.1) is 11.3 Å². The summed E-state index contributed by atoms with van der Waals surface area (Å²) in [6, 6.07) is 0. The van der Waals surface area contributed by atoms with E-state index in [0.29, 0.717) is 18.3 Å². The van der Waals surface area contributed by atoms with Gasteiger partial charge in [0.1, 0.15) is 11.1 Å². The lowest BCUT2D eigenvalue weighted by molar-refractivity contribution is 0.0478. The normalized spacial score (nSPS) is 12.6. The van der Waals surface area contributed by atoms with E-state index in [1.54, 1.807) is 0 Å². The molecule has 0 fully saturated rings. The summed E-state index contributed by atoms with van der Waals surface area (Å²) in [6.07, 6.45) is 1.79. The molecule has 2 aromatic rings. The fourth-order valence-corrected chi connectivity index (χ4v) is 2.75. The Morgan fingerprint density at radius 2 is 2.20 bits per heavy atom. The summed E-state index contributed by atoms with van der Waals surface area (Å²) >= 11 is 1.39. The third-order valence-corrected chi connectivity index (χ3v) is 3.91. The molecule has 0 aliphatic rings. The van der Waals surface area contributed by atoms with Crippen LogP contribution in [-0.4, -0.2) is 28.2 Å². The lowest BCUT2D eigenvalue weighted by Crippen LogP contribution is -2.06. The van der Waals surface area contributed by atoms with Crippen LogP contribution in [-0.2, 0) is 4.74 Å². The van der Waals surface area contributed by atoms with Gasteiger partial charge in [0, 0.05) is 13.7 Å². The molecule has 2 aromatic heterocycles. The molecule has 7 heteroatoms. The topological polar surface area (TPSA) is 73.1 Å². The predicted molar refractivity (Wildman–Crippen MR) is 79.0 cm³/mol. The first-order chi connectivity index (χ1) is 9.71. The van der Waals surface area contributed by atoms with Gasteiger partial charge in [-0.3, -0.25) is 0 Å². The van der Waals surface area contributed by atoms with E-state index < -0.39 is 0 Å². The zero-order valence-electron chi connectivity index (χ0n) is 12.3. The highest BCUT2D eigenvalue weighted by Gasteiger charge is 2.22. The maximum absolute atomic E-state index is 5.67. The summed E-state index contributed by atoms with van der Waals surface area (Å²) in [6.45, 7) is 6.65. The Morgan fingerprint density at radius 3 is 2.85 bits per heavy atom. The number of hydrogen-bond acceptors (Lipinski definition) is 7. The van der Waals surface area contributed by atoms with Crippen LogP contribution in [0.25, 0.3) is 11.5 Å². The number of nitrogens with one attached hydrogen (secondary N) is 1. The fraction of sp³-hybridized carbons (Fsp3) is 0.615. The molecule has 0 spiro atoms. The average molecular weight is 296 g/mol. The van der Waals surface area contributed by atoms with Crippen LogP contribution in [0.4, 0.5) is 5.00 Å².